The number of phenols is 1. The van der Waals surface area contributed by atoms with Gasteiger partial charge in [-0.3, -0.25) is 0 Å². The molecule has 0 spiro atoms. The number of rotatable bonds is 1. The predicted molar refractivity (Wildman–Crippen MR) is 74.9 cm³/mol. The van der Waals surface area contributed by atoms with E-state index in [1.54, 1.807) is 24.3 Å². The van der Waals surface area contributed by atoms with Crippen molar-refractivity contribution in [2.24, 2.45) is 0 Å². The van der Waals surface area contributed by atoms with E-state index in [4.69, 9.17) is 0 Å². The Morgan fingerprint density at radius 3 is 1.67 bits per heavy atom. The second kappa shape index (κ2) is 5.29. The van der Waals surface area contributed by atoms with Crippen LogP contribution in [0.3, 0.4) is 0 Å². The molecule has 0 unspecified atom stereocenters. The average molecular weight is 237 g/mol. The summed E-state index contributed by atoms with van der Waals surface area (Å²) < 4.78 is 0. The number of benzene rings is 2. The van der Waals surface area contributed by atoms with E-state index in [9.17, 15) is 5.11 Å². The van der Waals surface area contributed by atoms with Gasteiger partial charge in [0.1, 0.15) is 5.75 Å². The Labute approximate surface area is 108 Å². The van der Waals surface area contributed by atoms with Gasteiger partial charge in [-0.05, 0) is 48.5 Å². The normalized spacial score (nSPS) is 9.44. The Morgan fingerprint density at radius 2 is 1.22 bits per heavy atom. The number of hydrogen-bond donors (Lipinski definition) is 1. The lowest BCUT2D eigenvalue weighted by Gasteiger charge is -2.11. The van der Waals surface area contributed by atoms with Crippen LogP contribution in [0.15, 0.2) is 48.5 Å². The van der Waals surface area contributed by atoms with Crippen LogP contribution >= 0.6 is 0 Å². The Morgan fingerprint density at radius 1 is 0.778 bits per heavy atom. The first-order valence-electron chi connectivity index (χ1n) is 5.73. The highest BCUT2D eigenvalue weighted by atomic mass is 16.3. The smallest absolute Gasteiger partial charge is 0.115 e. The molecule has 1 N–H and O–H groups in total. The van der Waals surface area contributed by atoms with Crippen LogP contribution in [0.2, 0.25) is 0 Å². The summed E-state index contributed by atoms with van der Waals surface area (Å²) in [4.78, 5) is 2.05. The van der Waals surface area contributed by atoms with Crippen molar-refractivity contribution in [1.29, 1.82) is 0 Å². The molecule has 0 fully saturated rings. The molecule has 2 rings (SSSR count). The molecule has 0 bridgehead atoms. The van der Waals surface area contributed by atoms with Crippen LogP contribution < -0.4 is 4.90 Å². The van der Waals surface area contributed by atoms with E-state index in [0.29, 0.717) is 0 Å². The van der Waals surface area contributed by atoms with Gasteiger partial charge in [-0.2, -0.15) is 0 Å². The van der Waals surface area contributed by atoms with Crippen LogP contribution in [0.5, 0.6) is 5.75 Å². The molecule has 2 aromatic carbocycles. The summed E-state index contributed by atoms with van der Waals surface area (Å²) in [5, 5.41) is 9.17. The van der Waals surface area contributed by atoms with Crippen molar-refractivity contribution in [2.45, 2.75) is 0 Å². The second-order valence-corrected chi connectivity index (χ2v) is 4.24. The first kappa shape index (κ1) is 12.1. The molecule has 2 heteroatoms. The van der Waals surface area contributed by atoms with Gasteiger partial charge < -0.3 is 10.0 Å². The Kier molecular flexibility index (Phi) is 3.54. The molecule has 0 aliphatic heterocycles. The third-order valence-electron chi connectivity index (χ3n) is 2.60. The fourth-order valence-electron chi connectivity index (χ4n) is 1.53. The molecule has 0 aliphatic carbocycles. The molecule has 18 heavy (non-hydrogen) atoms. The maximum Gasteiger partial charge on any atom is 0.115 e. The van der Waals surface area contributed by atoms with Gasteiger partial charge in [-0.25, -0.2) is 0 Å². The minimum Gasteiger partial charge on any atom is -0.508 e. The molecule has 0 saturated heterocycles. The summed E-state index contributed by atoms with van der Waals surface area (Å²) in [5.74, 6) is 6.42. The van der Waals surface area contributed by atoms with Gasteiger partial charge in [0.2, 0.25) is 0 Å². The Hall–Kier alpha value is -2.40. The standard InChI is InChI=1S/C16H15NO/c1-17(2)15-9-5-13(6-10-15)3-4-14-7-11-16(18)12-8-14/h5-12,18H,1-2H3. The number of anilines is 1. The molecule has 0 saturated carbocycles. The van der Waals surface area contributed by atoms with E-state index < -0.39 is 0 Å². The zero-order chi connectivity index (χ0) is 13.0. The predicted octanol–water partition coefficient (Wildman–Crippen LogP) is 2.86. The molecular weight excluding hydrogens is 222 g/mol. The van der Waals surface area contributed by atoms with Crippen molar-refractivity contribution in [3.05, 3.63) is 59.7 Å². The number of phenolic OH excluding ortho intramolecular Hbond substituents is 1. The maximum atomic E-state index is 9.17. The van der Waals surface area contributed by atoms with E-state index >= 15 is 0 Å². The summed E-state index contributed by atoms with van der Waals surface area (Å²) in [6.07, 6.45) is 0. The first-order valence-corrected chi connectivity index (χ1v) is 5.73. The molecule has 0 aliphatic rings. The van der Waals surface area contributed by atoms with Gasteiger partial charge >= 0.3 is 0 Å². The third kappa shape index (κ3) is 3.05. The largest absolute Gasteiger partial charge is 0.508 e. The van der Waals surface area contributed by atoms with Gasteiger partial charge in [0.15, 0.2) is 0 Å². The van der Waals surface area contributed by atoms with Crippen LogP contribution in [-0.2, 0) is 0 Å². The van der Waals surface area contributed by atoms with Crippen LogP contribution in [0.4, 0.5) is 5.69 Å². The highest BCUT2D eigenvalue weighted by Gasteiger charge is 1.93. The van der Waals surface area contributed by atoms with E-state index in [2.05, 4.69) is 16.7 Å². The van der Waals surface area contributed by atoms with E-state index in [0.717, 1.165) is 16.8 Å². The zero-order valence-corrected chi connectivity index (χ0v) is 10.5. The summed E-state index contributed by atoms with van der Waals surface area (Å²) >= 11 is 0. The van der Waals surface area contributed by atoms with Gasteiger partial charge in [0.05, 0.1) is 0 Å². The van der Waals surface area contributed by atoms with Crippen molar-refractivity contribution in [3.8, 4) is 17.6 Å². The molecule has 2 nitrogen and oxygen atoms in total. The Bertz CT molecular complexity index is 571. The maximum absolute atomic E-state index is 9.17. The highest BCUT2D eigenvalue weighted by molar-refractivity contribution is 5.51. The molecule has 90 valence electrons. The summed E-state index contributed by atoms with van der Waals surface area (Å²) in [6.45, 7) is 0. The fourth-order valence-corrected chi connectivity index (χ4v) is 1.53. The van der Waals surface area contributed by atoms with Gasteiger partial charge in [0, 0.05) is 30.9 Å². The minimum absolute atomic E-state index is 0.260. The second-order valence-electron chi connectivity index (χ2n) is 4.24. The molecular formula is C16H15NO. The molecule has 2 aromatic rings. The quantitative estimate of drug-likeness (QED) is 0.771. The van der Waals surface area contributed by atoms with Crippen molar-refractivity contribution in [3.63, 3.8) is 0 Å². The monoisotopic (exact) mass is 237 g/mol. The van der Waals surface area contributed by atoms with E-state index in [1.165, 1.54) is 0 Å². The highest BCUT2D eigenvalue weighted by Crippen LogP contribution is 2.12. The van der Waals surface area contributed by atoms with Crippen molar-refractivity contribution >= 4 is 5.69 Å². The third-order valence-corrected chi connectivity index (χ3v) is 2.60. The van der Waals surface area contributed by atoms with Crippen molar-refractivity contribution in [2.75, 3.05) is 19.0 Å². The van der Waals surface area contributed by atoms with Gasteiger partial charge in [-0.1, -0.05) is 11.8 Å². The van der Waals surface area contributed by atoms with Gasteiger partial charge in [-0.15, -0.1) is 0 Å². The van der Waals surface area contributed by atoms with Crippen LogP contribution in [0.1, 0.15) is 11.1 Å². The number of nitrogens with zero attached hydrogens (tertiary/aromatic N) is 1. The summed E-state index contributed by atoms with van der Waals surface area (Å²) in [5.41, 5.74) is 3.03. The lowest BCUT2D eigenvalue weighted by Crippen LogP contribution is -2.07. The van der Waals surface area contributed by atoms with Crippen LogP contribution in [-0.4, -0.2) is 19.2 Å². The van der Waals surface area contributed by atoms with Crippen molar-refractivity contribution in [1.82, 2.24) is 0 Å². The van der Waals surface area contributed by atoms with Crippen LogP contribution in [0.25, 0.3) is 0 Å². The Balaban J connectivity index is 2.17. The van der Waals surface area contributed by atoms with E-state index in [1.807, 2.05) is 38.4 Å². The van der Waals surface area contributed by atoms with Crippen LogP contribution in [0, 0.1) is 11.8 Å². The number of aromatic hydroxyl groups is 1. The average Bonchev–Trinajstić information content (AvgIpc) is 2.38. The molecule has 0 amide bonds. The summed E-state index contributed by atoms with van der Waals surface area (Å²) in [7, 11) is 4.02. The van der Waals surface area contributed by atoms with Crippen molar-refractivity contribution < 1.29 is 5.11 Å². The fraction of sp³-hybridized carbons (Fsp3) is 0.125. The number of hydrogen-bond acceptors (Lipinski definition) is 2. The topological polar surface area (TPSA) is 23.5 Å². The summed E-state index contributed by atoms with van der Waals surface area (Å²) in [6, 6.07) is 15.0. The lowest BCUT2D eigenvalue weighted by atomic mass is 10.1. The molecule has 0 atom stereocenters. The molecule has 0 heterocycles. The minimum atomic E-state index is 0.260. The molecule has 0 aromatic heterocycles. The SMILES string of the molecule is CN(C)c1ccc(C#Cc2ccc(O)cc2)cc1. The zero-order valence-electron chi connectivity index (χ0n) is 10.5. The van der Waals surface area contributed by atoms with Gasteiger partial charge in [0.25, 0.3) is 0 Å². The lowest BCUT2D eigenvalue weighted by molar-refractivity contribution is 0.475. The first-order chi connectivity index (χ1) is 8.65. The molecule has 0 radical (unpaired) electrons. The van der Waals surface area contributed by atoms with E-state index in [-0.39, 0.29) is 5.75 Å².